The highest BCUT2D eigenvalue weighted by Gasteiger charge is 2.36. The van der Waals surface area contributed by atoms with Gasteiger partial charge < -0.3 is 9.80 Å². The van der Waals surface area contributed by atoms with Crippen LogP contribution in [0.25, 0.3) is 0 Å². The smallest absolute Gasteiger partial charge is 0.282 e. The second-order valence-electron chi connectivity index (χ2n) is 6.21. The summed E-state index contributed by atoms with van der Waals surface area (Å²) in [5.74, 6) is 1.72. The van der Waals surface area contributed by atoms with Gasteiger partial charge in [0.25, 0.3) is 10.2 Å². The van der Waals surface area contributed by atoms with Crippen LogP contribution in [0.2, 0.25) is 0 Å². The second-order valence-corrected chi connectivity index (χ2v) is 9.16. The van der Waals surface area contributed by atoms with Crippen LogP contribution in [-0.4, -0.2) is 110 Å². The monoisotopic (exact) mass is 399 g/mol. The maximum atomic E-state index is 12.7. The Morgan fingerprint density at radius 3 is 2.04 bits per heavy atom. The van der Waals surface area contributed by atoms with Gasteiger partial charge in [-0.25, -0.2) is 0 Å². The molecule has 140 valence electrons. The molecule has 0 spiro atoms. The fourth-order valence-electron chi connectivity index (χ4n) is 3.10. The zero-order valence-corrected chi connectivity index (χ0v) is 16.3. The number of thioether (sulfide) groups is 1. The summed E-state index contributed by atoms with van der Waals surface area (Å²) in [6, 6.07) is -0.110. The highest BCUT2D eigenvalue weighted by molar-refractivity contribution is 7.99. The standard InChI is InChI=1S/C13H25N5O3S2.ClH/c1-15-2-6-17(7-3-15)23(20,21)18-8-4-16(5-9-18)13(19)12-10-22-11-14-12;/h12,14H,2-11H2,1H3;1H. The van der Waals surface area contributed by atoms with Gasteiger partial charge in [-0.05, 0) is 7.05 Å². The summed E-state index contributed by atoms with van der Waals surface area (Å²) in [4.78, 5) is 16.3. The molecule has 24 heavy (non-hydrogen) atoms. The van der Waals surface area contributed by atoms with Gasteiger partial charge in [-0.15, -0.1) is 24.2 Å². The summed E-state index contributed by atoms with van der Waals surface area (Å²) in [7, 11) is -1.39. The summed E-state index contributed by atoms with van der Waals surface area (Å²) in [5, 5.41) is 3.18. The molecule has 1 unspecified atom stereocenters. The molecule has 3 aliphatic heterocycles. The molecule has 8 nitrogen and oxygen atoms in total. The van der Waals surface area contributed by atoms with Crippen molar-refractivity contribution in [1.82, 2.24) is 23.7 Å². The van der Waals surface area contributed by atoms with Crippen LogP contribution in [0, 0.1) is 0 Å². The predicted molar refractivity (Wildman–Crippen MR) is 97.6 cm³/mol. The van der Waals surface area contributed by atoms with Crippen molar-refractivity contribution in [1.29, 1.82) is 0 Å². The first-order chi connectivity index (χ1) is 11.0. The molecule has 3 fully saturated rings. The van der Waals surface area contributed by atoms with Crippen molar-refractivity contribution < 1.29 is 13.2 Å². The van der Waals surface area contributed by atoms with E-state index in [-0.39, 0.29) is 24.4 Å². The number of hydrogen-bond acceptors (Lipinski definition) is 6. The normalized spacial score (nSPS) is 27.9. The van der Waals surface area contributed by atoms with E-state index in [1.807, 2.05) is 7.05 Å². The molecular formula is C13H26ClN5O3S2. The summed E-state index contributed by atoms with van der Waals surface area (Å²) >= 11 is 1.72. The van der Waals surface area contributed by atoms with Gasteiger partial charge in [-0.3, -0.25) is 10.1 Å². The van der Waals surface area contributed by atoms with Crippen LogP contribution in [0.15, 0.2) is 0 Å². The molecule has 0 saturated carbocycles. The lowest BCUT2D eigenvalue weighted by atomic mass is 10.2. The van der Waals surface area contributed by atoms with E-state index < -0.39 is 10.2 Å². The molecule has 3 rings (SSSR count). The fraction of sp³-hybridized carbons (Fsp3) is 0.923. The molecule has 0 radical (unpaired) electrons. The number of rotatable bonds is 3. The number of nitrogens with zero attached hydrogens (tertiary/aromatic N) is 4. The Morgan fingerprint density at radius 1 is 1.00 bits per heavy atom. The molecule has 1 atom stereocenters. The molecule has 0 aromatic carbocycles. The van der Waals surface area contributed by atoms with Crippen LogP contribution < -0.4 is 5.32 Å². The Morgan fingerprint density at radius 2 is 1.54 bits per heavy atom. The van der Waals surface area contributed by atoms with Crippen molar-refractivity contribution in [3.8, 4) is 0 Å². The van der Waals surface area contributed by atoms with Gasteiger partial charge in [0.2, 0.25) is 5.91 Å². The lowest BCUT2D eigenvalue weighted by Crippen LogP contribution is -2.58. The van der Waals surface area contributed by atoms with Gasteiger partial charge >= 0.3 is 0 Å². The van der Waals surface area contributed by atoms with Crippen LogP contribution in [0.3, 0.4) is 0 Å². The fourth-order valence-corrected chi connectivity index (χ4v) is 5.60. The highest BCUT2D eigenvalue weighted by Crippen LogP contribution is 2.17. The Kier molecular flexibility index (Phi) is 7.18. The third kappa shape index (κ3) is 4.35. The summed E-state index contributed by atoms with van der Waals surface area (Å²) in [5.41, 5.74) is 0. The first-order valence-corrected chi connectivity index (χ1v) is 10.6. The van der Waals surface area contributed by atoms with Gasteiger partial charge in [0.15, 0.2) is 0 Å². The molecule has 1 N–H and O–H groups in total. The average Bonchev–Trinajstić information content (AvgIpc) is 3.09. The van der Waals surface area contributed by atoms with Gasteiger partial charge in [0.1, 0.15) is 0 Å². The van der Waals surface area contributed by atoms with E-state index in [1.54, 1.807) is 21.0 Å². The summed E-state index contributed by atoms with van der Waals surface area (Å²) in [6.45, 7) is 4.36. The number of piperazine rings is 2. The van der Waals surface area contributed by atoms with Crippen LogP contribution in [0.5, 0.6) is 0 Å². The zero-order chi connectivity index (χ0) is 16.4. The third-order valence-corrected chi connectivity index (χ3v) is 7.65. The molecule has 0 aliphatic carbocycles. The molecule has 11 heteroatoms. The largest absolute Gasteiger partial charge is 0.339 e. The van der Waals surface area contributed by atoms with Crippen LogP contribution in [-0.2, 0) is 15.0 Å². The summed E-state index contributed by atoms with van der Waals surface area (Å²) in [6.07, 6.45) is 0. The molecule has 0 aromatic heterocycles. The number of hydrogen-bond donors (Lipinski definition) is 1. The van der Waals surface area contributed by atoms with Crippen molar-refractivity contribution in [2.45, 2.75) is 6.04 Å². The molecule has 0 bridgehead atoms. The van der Waals surface area contributed by atoms with Crippen molar-refractivity contribution in [3.63, 3.8) is 0 Å². The van der Waals surface area contributed by atoms with Crippen molar-refractivity contribution in [2.24, 2.45) is 0 Å². The number of nitrogens with one attached hydrogen (secondary N) is 1. The predicted octanol–water partition coefficient (Wildman–Crippen LogP) is -1.29. The SMILES string of the molecule is CN1CCN(S(=O)(=O)N2CCN(C(=O)C3CSCN3)CC2)CC1.Cl. The third-order valence-electron chi connectivity index (χ3n) is 4.68. The highest BCUT2D eigenvalue weighted by atomic mass is 35.5. The van der Waals surface area contributed by atoms with Crippen LogP contribution in [0.4, 0.5) is 0 Å². The van der Waals surface area contributed by atoms with Gasteiger partial charge in [0, 0.05) is 64.0 Å². The number of carbonyl (C=O) groups excluding carboxylic acids is 1. The molecule has 0 aromatic rings. The molecule has 3 saturated heterocycles. The molecule has 3 aliphatic rings. The molecule has 3 heterocycles. The maximum Gasteiger partial charge on any atom is 0.282 e. The van der Waals surface area contributed by atoms with Crippen LogP contribution >= 0.6 is 24.2 Å². The van der Waals surface area contributed by atoms with E-state index in [1.165, 1.54) is 4.31 Å². The Bertz CT molecular complexity index is 528. The number of amides is 1. The van der Waals surface area contributed by atoms with Crippen molar-refractivity contribution in [2.75, 3.05) is 71.0 Å². The van der Waals surface area contributed by atoms with E-state index in [2.05, 4.69) is 10.2 Å². The van der Waals surface area contributed by atoms with Crippen LogP contribution in [0.1, 0.15) is 0 Å². The van der Waals surface area contributed by atoms with E-state index in [4.69, 9.17) is 0 Å². The van der Waals surface area contributed by atoms with Crippen molar-refractivity contribution in [3.05, 3.63) is 0 Å². The lowest BCUT2D eigenvalue weighted by molar-refractivity contribution is -0.133. The number of halogens is 1. The van der Waals surface area contributed by atoms with E-state index in [9.17, 15) is 13.2 Å². The van der Waals surface area contributed by atoms with Gasteiger partial charge in [-0.2, -0.15) is 17.0 Å². The second kappa shape index (κ2) is 8.52. The first-order valence-electron chi connectivity index (χ1n) is 8.02. The first kappa shape index (κ1) is 20.2. The maximum absolute atomic E-state index is 12.7. The van der Waals surface area contributed by atoms with Gasteiger partial charge in [0.05, 0.1) is 6.04 Å². The van der Waals surface area contributed by atoms with Gasteiger partial charge in [-0.1, -0.05) is 0 Å². The molecular weight excluding hydrogens is 374 g/mol. The Hall–Kier alpha value is -0.100. The Labute approximate surface area is 154 Å². The average molecular weight is 400 g/mol. The number of carbonyl (C=O) groups is 1. The number of likely N-dealkylation sites (N-methyl/N-ethyl adjacent to an activating group) is 1. The lowest BCUT2D eigenvalue weighted by Gasteiger charge is -2.39. The minimum absolute atomic E-state index is 0. The zero-order valence-electron chi connectivity index (χ0n) is 13.9. The quantitative estimate of drug-likeness (QED) is 0.636. The van der Waals surface area contributed by atoms with E-state index in [0.717, 1.165) is 24.7 Å². The van der Waals surface area contributed by atoms with E-state index >= 15 is 0 Å². The topological polar surface area (TPSA) is 76.2 Å². The minimum atomic E-state index is -3.39. The summed E-state index contributed by atoms with van der Waals surface area (Å²) < 4.78 is 28.5. The van der Waals surface area contributed by atoms with E-state index in [0.29, 0.717) is 39.3 Å². The van der Waals surface area contributed by atoms with Crippen molar-refractivity contribution >= 4 is 40.3 Å². The molecule has 1 amide bonds. The Balaban J connectivity index is 0.00000208. The minimum Gasteiger partial charge on any atom is -0.339 e.